The van der Waals surface area contributed by atoms with Crippen LogP contribution >= 0.6 is 0 Å². The Balaban J connectivity index is 2.31. The number of aromatic nitrogens is 2. The minimum atomic E-state index is -2.13. The van der Waals surface area contributed by atoms with E-state index >= 15 is 0 Å². The van der Waals surface area contributed by atoms with Crippen molar-refractivity contribution in [3.63, 3.8) is 0 Å². The normalized spacial score (nSPS) is 28.5. The van der Waals surface area contributed by atoms with E-state index in [0.29, 0.717) is 0 Å². The van der Waals surface area contributed by atoms with E-state index in [2.05, 4.69) is 20.3 Å². The zero-order valence-corrected chi connectivity index (χ0v) is 14.4. The summed E-state index contributed by atoms with van der Waals surface area (Å²) in [6.07, 6.45) is -3.68. The Morgan fingerprint density at radius 1 is 1.54 bits per heavy atom. The van der Waals surface area contributed by atoms with E-state index in [1.807, 2.05) is 0 Å². The van der Waals surface area contributed by atoms with Crippen molar-refractivity contribution >= 4 is 11.7 Å². The van der Waals surface area contributed by atoms with Crippen LogP contribution in [0.4, 0.5) is 5.82 Å². The third kappa shape index (κ3) is 3.54. The lowest BCUT2D eigenvalue weighted by Crippen LogP contribution is -2.44. The van der Waals surface area contributed by atoms with Gasteiger partial charge in [0.1, 0.15) is 18.0 Å². The molecule has 12 nitrogen and oxygen atoms in total. The van der Waals surface area contributed by atoms with Gasteiger partial charge in [0.15, 0.2) is 6.23 Å². The summed E-state index contributed by atoms with van der Waals surface area (Å²) in [5.41, 5.74) is 4.87. The predicted octanol–water partition coefficient (Wildman–Crippen LogP) is -0.523. The van der Waals surface area contributed by atoms with E-state index in [1.165, 1.54) is 12.3 Å². The molecule has 4 atom stereocenters. The smallest absolute Gasteiger partial charge is 0.351 e. The summed E-state index contributed by atoms with van der Waals surface area (Å²) in [6.45, 7) is 4.17. The number of anilines is 1. The van der Waals surface area contributed by atoms with Crippen LogP contribution in [0.2, 0.25) is 0 Å². The van der Waals surface area contributed by atoms with E-state index in [0.717, 1.165) is 4.57 Å². The number of ether oxygens (including phenoxy) is 1. The van der Waals surface area contributed by atoms with Crippen LogP contribution in [0.15, 0.2) is 22.2 Å². The molecule has 0 aliphatic carbocycles. The van der Waals surface area contributed by atoms with Gasteiger partial charge in [0.25, 0.3) is 0 Å². The number of aliphatic hydroxyl groups excluding tert-OH is 3. The highest BCUT2D eigenvalue weighted by atomic mass is 16.6. The number of nitrogens with zero attached hydrogens (tertiary/aromatic N) is 5. The molecule has 1 aliphatic rings. The van der Waals surface area contributed by atoms with Crippen molar-refractivity contribution in [3.8, 4) is 0 Å². The molecule has 2 rings (SSSR count). The summed E-state index contributed by atoms with van der Waals surface area (Å²) >= 11 is 0. The van der Waals surface area contributed by atoms with Gasteiger partial charge in [0, 0.05) is 16.5 Å². The van der Waals surface area contributed by atoms with Crippen LogP contribution in [0.25, 0.3) is 10.4 Å². The summed E-state index contributed by atoms with van der Waals surface area (Å²) in [6, 6.07) is 1.31. The van der Waals surface area contributed by atoms with Gasteiger partial charge in [-0.2, -0.15) is 4.98 Å². The Hall–Kier alpha value is -2.50. The first-order valence-corrected chi connectivity index (χ1v) is 7.67. The Morgan fingerprint density at radius 3 is 2.69 bits per heavy atom. The van der Waals surface area contributed by atoms with Crippen LogP contribution in [0.1, 0.15) is 27.0 Å². The Morgan fingerprint density at radius 2 is 2.19 bits per heavy atom. The van der Waals surface area contributed by atoms with Gasteiger partial charge in [0.2, 0.25) is 11.6 Å². The maximum absolute atomic E-state index is 12.2. The molecule has 26 heavy (non-hydrogen) atoms. The van der Waals surface area contributed by atoms with Gasteiger partial charge in [-0.15, -0.1) is 0 Å². The molecular weight excluding hydrogens is 348 g/mol. The molecule has 142 valence electrons. The lowest BCUT2D eigenvalue weighted by molar-refractivity contribution is -0.125. The molecule has 0 bridgehead atoms. The highest BCUT2D eigenvalue weighted by molar-refractivity contribution is 5.93. The number of carbonyl (C=O) groups is 1. The van der Waals surface area contributed by atoms with Crippen molar-refractivity contribution in [1.29, 1.82) is 0 Å². The van der Waals surface area contributed by atoms with Crippen LogP contribution < -0.4 is 11.0 Å². The quantitative estimate of drug-likeness (QED) is 0.313. The molecule has 1 fully saturated rings. The molecule has 0 radical (unpaired) electrons. The van der Waals surface area contributed by atoms with Gasteiger partial charge in [0.05, 0.1) is 6.61 Å². The molecule has 1 aliphatic heterocycles. The zero-order chi connectivity index (χ0) is 19.7. The average Bonchev–Trinajstić information content (AvgIpc) is 2.80. The van der Waals surface area contributed by atoms with Crippen LogP contribution in [0.3, 0.4) is 0 Å². The van der Waals surface area contributed by atoms with Gasteiger partial charge in [-0.3, -0.25) is 9.36 Å². The number of aliphatic hydroxyl groups is 3. The highest BCUT2D eigenvalue weighted by Gasteiger charge is 2.54. The molecule has 1 aromatic rings. The minimum Gasteiger partial charge on any atom is -0.393 e. The van der Waals surface area contributed by atoms with Crippen molar-refractivity contribution < 1.29 is 24.9 Å². The monoisotopic (exact) mass is 368 g/mol. The fourth-order valence-electron chi connectivity index (χ4n) is 2.29. The van der Waals surface area contributed by atoms with E-state index in [-0.39, 0.29) is 11.7 Å². The summed E-state index contributed by atoms with van der Waals surface area (Å²) < 4.78 is 6.12. The molecule has 0 aromatic carbocycles. The second kappa shape index (κ2) is 7.02. The number of hydrogen-bond acceptors (Lipinski definition) is 8. The van der Waals surface area contributed by atoms with Crippen molar-refractivity contribution in [2.24, 2.45) is 10.5 Å². The number of nitrogens with one attached hydrogen (secondary N) is 1. The number of rotatable bonds is 4. The van der Waals surface area contributed by atoms with Gasteiger partial charge in [-0.25, -0.2) is 4.79 Å². The average molecular weight is 368 g/mol. The summed E-state index contributed by atoms with van der Waals surface area (Å²) in [7, 11) is 0. The Bertz CT molecular complexity index is 798. The SMILES string of the molecule is CC(C)(C)C(=O)Nc1ccn([C@@H]2O[C@@](CO)(N=[N+]=[N-])[C@@H](O)[C@H]2O)c(=O)n1. The predicted molar refractivity (Wildman–Crippen MR) is 87.7 cm³/mol. The fraction of sp³-hybridized carbons (Fsp3) is 0.643. The molecule has 12 heteroatoms. The van der Waals surface area contributed by atoms with Gasteiger partial charge in [-0.1, -0.05) is 25.9 Å². The molecule has 1 amide bonds. The summed E-state index contributed by atoms with van der Waals surface area (Å²) in [4.78, 5) is 30.3. The first kappa shape index (κ1) is 19.8. The maximum Gasteiger partial charge on any atom is 0.351 e. The van der Waals surface area contributed by atoms with Gasteiger partial charge < -0.3 is 25.4 Å². The van der Waals surface area contributed by atoms with Crippen molar-refractivity contribution in [1.82, 2.24) is 9.55 Å². The lowest BCUT2D eigenvalue weighted by atomic mass is 9.96. The summed E-state index contributed by atoms with van der Waals surface area (Å²) in [5.74, 6) is -0.347. The first-order valence-electron chi connectivity index (χ1n) is 7.67. The first-order chi connectivity index (χ1) is 12.1. The van der Waals surface area contributed by atoms with Crippen molar-refractivity contribution in [2.75, 3.05) is 11.9 Å². The van der Waals surface area contributed by atoms with E-state index < -0.39 is 41.9 Å². The zero-order valence-electron chi connectivity index (χ0n) is 14.4. The lowest BCUT2D eigenvalue weighted by Gasteiger charge is -2.23. The molecule has 0 spiro atoms. The molecule has 1 aromatic heterocycles. The standard InChI is InChI=1S/C14H20N6O6/c1-13(2,3)11(24)16-7-4-5-20(12(25)17-7)10-8(22)9(23)14(6-21,26-10)18-19-15/h4-5,8-10,21-23H,6H2,1-3H3,(H,16,17,24,25)/t8-,9+,10-,14-/m1/s1. The van der Waals surface area contributed by atoms with Crippen molar-refractivity contribution in [2.45, 2.75) is 44.9 Å². The Labute approximate surface area is 147 Å². The maximum atomic E-state index is 12.2. The number of carbonyl (C=O) groups excluding carboxylic acids is 1. The van der Waals surface area contributed by atoms with Gasteiger partial charge in [-0.05, 0) is 11.6 Å². The number of azide groups is 1. The molecule has 0 unspecified atom stereocenters. The van der Waals surface area contributed by atoms with Crippen LogP contribution in [0.5, 0.6) is 0 Å². The number of amides is 1. The highest BCUT2D eigenvalue weighted by Crippen LogP contribution is 2.37. The number of hydrogen-bond donors (Lipinski definition) is 4. The topological polar surface area (TPSA) is 183 Å². The van der Waals surface area contributed by atoms with E-state index in [9.17, 15) is 24.9 Å². The molecule has 4 N–H and O–H groups in total. The third-order valence-corrected chi connectivity index (χ3v) is 3.87. The second-order valence-electron chi connectivity index (χ2n) is 6.84. The molecular formula is C14H20N6O6. The van der Waals surface area contributed by atoms with E-state index in [4.69, 9.17) is 10.3 Å². The molecule has 1 saturated heterocycles. The molecule has 0 saturated carbocycles. The molecule has 2 heterocycles. The van der Waals surface area contributed by atoms with Gasteiger partial charge >= 0.3 is 5.69 Å². The van der Waals surface area contributed by atoms with Crippen molar-refractivity contribution in [3.05, 3.63) is 33.2 Å². The fourth-order valence-corrected chi connectivity index (χ4v) is 2.29. The minimum absolute atomic E-state index is 0.00248. The van der Waals surface area contributed by atoms with Crippen LogP contribution in [-0.2, 0) is 9.53 Å². The largest absolute Gasteiger partial charge is 0.393 e. The Kier molecular flexibility index (Phi) is 5.35. The summed E-state index contributed by atoms with van der Waals surface area (Å²) in [5, 5.41) is 35.2. The van der Waals surface area contributed by atoms with E-state index in [1.54, 1.807) is 20.8 Å². The van der Waals surface area contributed by atoms with Crippen LogP contribution in [-0.4, -0.2) is 55.3 Å². The second-order valence-corrected chi connectivity index (χ2v) is 6.84. The van der Waals surface area contributed by atoms with Crippen LogP contribution in [0, 0.1) is 5.41 Å². The third-order valence-electron chi connectivity index (χ3n) is 3.87.